The lowest BCUT2D eigenvalue weighted by Gasteiger charge is -2.32. The standard InChI is InChI=1S/C17H22IN3O5S/c1-12(16(22)20-8-10-26-11-9-20)21-7-6-15(17(21)23)19-27(24,25)14-4-2-13(18)3-5-14/h2-5,12,15,19H,6-11H2,1H3/t12-,15-/m0/s1. The number of amides is 2. The van der Waals surface area contributed by atoms with Gasteiger partial charge in [-0.3, -0.25) is 9.59 Å². The first-order chi connectivity index (χ1) is 12.8. The molecule has 1 aromatic carbocycles. The first kappa shape index (κ1) is 20.5. The van der Waals surface area contributed by atoms with E-state index in [2.05, 4.69) is 27.3 Å². The van der Waals surface area contributed by atoms with Crippen molar-refractivity contribution in [2.45, 2.75) is 30.3 Å². The number of morpholine rings is 1. The van der Waals surface area contributed by atoms with Gasteiger partial charge < -0.3 is 14.5 Å². The number of nitrogens with one attached hydrogen (secondary N) is 1. The Bertz CT molecular complexity index is 808. The molecule has 148 valence electrons. The molecule has 2 atom stereocenters. The van der Waals surface area contributed by atoms with Crippen LogP contribution in [0.1, 0.15) is 13.3 Å². The molecule has 0 bridgehead atoms. The Morgan fingerprint density at radius 3 is 2.48 bits per heavy atom. The number of nitrogens with zero attached hydrogens (tertiary/aromatic N) is 2. The molecule has 0 aliphatic carbocycles. The quantitative estimate of drug-likeness (QED) is 0.583. The zero-order valence-electron chi connectivity index (χ0n) is 14.9. The molecule has 0 aromatic heterocycles. The number of halogens is 1. The predicted molar refractivity (Wildman–Crippen MR) is 106 cm³/mol. The van der Waals surface area contributed by atoms with E-state index in [1.165, 1.54) is 17.0 Å². The molecule has 1 aromatic rings. The number of ether oxygens (including phenoxy) is 1. The number of carbonyl (C=O) groups is 2. The number of hydrogen-bond acceptors (Lipinski definition) is 5. The Hall–Kier alpha value is -1.24. The van der Waals surface area contributed by atoms with Gasteiger partial charge in [0.2, 0.25) is 21.8 Å². The van der Waals surface area contributed by atoms with E-state index < -0.39 is 22.1 Å². The number of benzene rings is 1. The zero-order valence-corrected chi connectivity index (χ0v) is 17.9. The average Bonchev–Trinajstić information content (AvgIpc) is 3.01. The lowest BCUT2D eigenvalue weighted by atomic mass is 10.2. The summed E-state index contributed by atoms with van der Waals surface area (Å²) in [5, 5.41) is 0. The van der Waals surface area contributed by atoms with Crippen LogP contribution in [0.5, 0.6) is 0 Å². The van der Waals surface area contributed by atoms with E-state index in [1.54, 1.807) is 24.0 Å². The lowest BCUT2D eigenvalue weighted by Crippen LogP contribution is -2.52. The molecule has 1 N–H and O–H groups in total. The molecule has 2 aliphatic heterocycles. The van der Waals surface area contributed by atoms with E-state index in [0.29, 0.717) is 39.3 Å². The molecule has 2 heterocycles. The van der Waals surface area contributed by atoms with Crippen LogP contribution < -0.4 is 4.72 Å². The van der Waals surface area contributed by atoms with Crippen LogP contribution in [0.25, 0.3) is 0 Å². The Balaban J connectivity index is 1.65. The van der Waals surface area contributed by atoms with Gasteiger partial charge in [0.1, 0.15) is 12.1 Å². The average molecular weight is 507 g/mol. The fraction of sp³-hybridized carbons (Fsp3) is 0.529. The van der Waals surface area contributed by atoms with Gasteiger partial charge in [0.05, 0.1) is 18.1 Å². The Kier molecular flexibility index (Phi) is 6.39. The van der Waals surface area contributed by atoms with Crippen molar-refractivity contribution in [3.63, 3.8) is 0 Å². The van der Waals surface area contributed by atoms with E-state index in [4.69, 9.17) is 4.74 Å². The molecule has 0 spiro atoms. The van der Waals surface area contributed by atoms with Gasteiger partial charge >= 0.3 is 0 Å². The summed E-state index contributed by atoms with van der Waals surface area (Å²) in [6, 6.07) is 4.93. The maximum Gasteiger partial charge on any atom is 0.245 e. The largest absolute Gasteiger partial charge is 0.378 e. The van der Waals surface area contributed by atoms with Crippen LogP contribution in [0.3, 0.4) is 0 Å². The second kappa shape index (κ2) is 8.41. The fourth-order valence-corrected chi connectivity index (χ4v) is 4.83. The topological polar surface area (TPSA) is 96.0 Å². The second-order valence-electron chi connectivity index (χ2n) is 6.56. The molecule has 0 saturated carbocycles. The van der Waals surface area contributed by atoms with E-state index in [1.807, 2.05) is 0 Å². The molecular formula is C17H22IN3O5S. The summed E-state index contributed by atoms with van der Waals surface area (Å²) in [7, 11) is -3.80. The summed E-state index contributed by atoms with van der Waals surface area (Å²) < 4.78 is 33.7. The third-order valence-electron chi connectivity index (χ3n) is 4.81. The molecule has 27 heavy (non-hydrogen) atoms. The van der Waals surface area contributed by atoms with Crippen molar-refractivity contribution in [1.29, 1.82) is 0 Å². The number of likely N-dealkylation sites (tertiary alicyclic amines) is 1. The molecule has 8 nitrogen and oxygen atoms in total. The molecule has 2 aliphatic rings. The van der Waals surface area contributed by atoms with Gasteiger partial charge in [-0.25, -0.2) is 8.42 Å². The summed E-state index contributed by atoms with van der Waals surface area (Å²) in [4.78, 5) is 28.6. The molecule has 3 rings (SSSR count). The van der Waals surface area contributed by atoms with Crippen molar-refractivity contribution in [2.75, 3.05) is 32.8 Å². The van der Waals surface area contributed by atoms with E-state index in [0.717, 1.165) is 3.57 Å². The van der Waals surface area contributed by atoms with Gasteiger partial charge in [-0.05, 0) is 60.2 Å². The lowest BCUT2D eigenvalue weighted by molar-refractivity contribution is -0.146. The van der Waals surface area contributed by atoms with Crippen molar-refractivity contribution in [1.82, 2.24) is 14.5 Å². The highest BCUT2D eigenvalue weighted by atomic mass is 127. The molecule has 2 fully saturated rings. The maximum atomic E-state index is 12.7. The van der Waals surface area contributed by atoms with Crippen LogP contribution in [-0.2, 0) is 24.3 Å². The van der Waals surface area contributed by atoms with Crippen molar-refractivity contribution < 1.29 is 22.7 Å². The van der Waals surface area contributed by atoms with Crippen LogP contribution >= 0.6 is 22.6 Å². The summed E-state index contributed by atoms with van der Waals surface area (Å²) in [5.74, 6) is -0.494. The normalized spacial score (nSPS) is 22.1. The van der Waals surface area contributed by atoms with Crippen molar-refractivity contribution in [3.8, 4) is 0 Å². The Labute approximate surface area is 172 Å². The van der Waals surface area contributed by atoms with Crippen LogP contribution in [0.4, 0.5) is 0 Å². The minimum atomic E-state index is -3.80. The molecule has 2 amide bonds. The van der Waals surface area contributed by atoms with Gasteiger partial charge in [-0.15, -0.1) is 0 Å². The minimum absolute atomic E-state index is 0.117. The summed E-state index contributed by atoms with van der Waals surface area (Å²) in [6.45, 7) is 4.03. The molecular weight excluding hydrogens is 485 g/mol. The number of hydrogen-bond donors (Lipinski definition) is 1. The van der Waals surface area contributed by atoms with Crippen LogP contribution in [0, 0.1) is 3.57 Å². The smallest absolute Gasteiger partial charge is 0.245 e. The molecule has 10 heteroatoms. The Morgan fingerprint density at radius 1 is 1.22 bits per heavy atom. The van der Waals surface area contributed by atoms with Gasteiger partial charge in [-0.1, -0.05) is 0 Å². The number of sulfonamides is 1. The summed E-state index contributed by atoms with van der Waals surface area (Å²) in [6.07, 6.45) is 0.336. The van der Waals surface area contributed by atoms with Gasteiger partial charge in [-0.2, -0.15) is 4.72 Å². The first-order valence-electron chi connectivity index (χ1n) is 8.74. The second-order valence-corrected chi connectivity index (χ2v) is 9.52. The van der Waals surface area contributed by atoms with Crippen LogP contribution in [-0.4, -0.2) is 75.0 Å². The highest BCUT2D eigenvalue weighted by molar-refractivity contribution is 14.1. The molecule has 0 radical (unpaired) electrons. The molecule has 2 saturated heterocycles. The third-order valence-corrected chi connectivity index (χ3v) is 7.02. The van der Waals surface area contributed by atoms with Gasteiger partial charge in [0, 0.05) is 23.2 Å². The van der Waals surface area contributed by atoms with Gasteiger partial charge in [0.25, 0.3) is 0 Å². The van der Waals surface area contributed by atoms with Crippen molar-refractivity contribution >= 4 is 44.4 Å². The highest BCUT2D eigenvalue weighted by Gasteiger charge is 2.40. The monoisotopic (exact) mass is 507 g/mol. The zero-order chi connectivity index (χ0) is 19.6. The fourth-order valence-electron chi connectivity index (χ4n) is 3.25. The Morgan fingerprint density at radius 2 is 1.85 bits per heavy atom. The first-order valence-corrected chi connectivity index (χ1v) is 11.3. The van der Waals surface area contributed by atoms with Crippen molar-refractivity contribution in [2.24, 2.45) is 0 Å². The summed E-state index contributed by atoms with van der Waals surface area (Å²) >= 11 is 2.09. The van der Waals surface area contributed by atoms with Crippen LogP contribution in [0.2, 0.25) is 0 Å². The van der Waals surface area contributed by atoms with Gasteiger partial charge in [0.15, 0.2) is 0 Å². The van der Waals surface area contributed by atoms with E-state index >= 15 is 0 Å². The highest BCUT2D eigenvalue weighted by Crippen LogP contribution is 2.19. The van der Waals surface area contributed by atoms with E-state index in [-0.39, 0.29) is 16.7 Å². The van der Waals surface area contributed by atoms with Crippen LogP contribution in [0.15, 0.2) is 29.2 Å². The van der Waals surface area contributed by atoms with E-state index in [9.17, 15) is 18.0 Å². The SMILES string of the molecule is C[C@@H](C(=O)N1CCOCC1)N1CC[C@H](NS(=O)(=O)c2ccc(I)cc2)C1=O. The minimum Gasteiger partial charge on any atom is -0.378 e. The maximum absolute atomic E-state index is 12.7. The number of rotatable bonds is 5. The predicted octanol–water partition coefficient (Wildman–Crippen LogP) is 0.418. The third kappa shape index (κ3) is 4.61. The number of carbonyl (C=O) groups excluding carboxylic acids is 2. The summed E-state index contributed by atoms with van der Waals surface area (Å²) in [5.41, 5.74) is 0. The molecule has 0 unspecified atom stereocenters. The van der Waals surface area contributed by atoms with Crippen molar-refractivity contribution in [3.05, 3.63) is 27.8 Å².